The van der Waals surface area contributed by atoms with Gasteiger partial charge >= 0.3 is 0 Å². The van der Waals surface area contributed by atoms with Gasteiger partial charge in [-0.15, -0.1) is 0 Å². The summed E-state index contributed by atoms with van der Waals surface area (Å²) in [5, 5.41) is 13.8. The average Bonchev–Trinajstić information content (AvgIpc) is 3.03. The maximum Gasteiger partial charge on any atom is 0.101 e. The van der Waals surface area contributed by atoms with Gasteiger partial charge in [-0.05, 0) is 31.2 Å². The molecule has 0 aliphatic carbocycles. The van der Waals surface area contributed by atoms with Crippen LogP contribution in [0.2, 0.25) is 0 Å². The lowest BCUT2D eigenvalue weighted by Crippen LogP contribution is -2.56. The molecule has 2 fully saturated rings. The molecule has 0 spiro atoms. The standard InChI is InChI=1S/C17H19N5/c1-12-9-21(10-14-8-19-11-22(12)14)16-5-4-13(7-18)17-15(16)3-2-6-20-17/h2-6,12,14,19H,8-11H2,1H3. The van der Waals surface area contributed by atoms with Gasteiger partial charge in [0.15, 0.2) is 0 Å². The molecule has 2 aliphatic heterocycles. The third kappa shape index (κ3) is 2.04. The van der Waals surface area contributed by atoms with Crippen molar-refractivity contribution in [1.29, 1.82) is 5.26 Å². The summed E-state index contributed by atoms with van der Waals surface area (Å²) in [5.74, 6) is 0. The molecule has 1 N–H and O–H groups in total. The molecule has 2 saturated heterocycles. The van der Waals surface area contributed by atoms with Crippen LogP contribution in [0.3, 0.4) is 0 Å². The highest BCUT2D eigenvalue weighted by Crippen LogP contribution is 2.31. The largest absolute Gasteiger partial charge is 0.368 e. The lowest BCUT2D eigenvalue weighted by atomic mass is 10.0. The number of rotatable bonds is 1. The summed E-state index contributed by atoms with van der Waals surface area (Å²) >= 11 is 0. The highest BCUT2D eigenvalue weighted by atomic mass is 15.4. The minimum absolute atomic E-state index is 0.524. The van der Waals surface area contributed by atoms with Crippen molar-refractivity contribution >= 4 is 16.6 Å². The number of hydrogen-bond acceptors (Lipinski definition) is 5. The number of aromatic nitrogens is 1. The second kappa shape index (κ2) is 5.24. The van der Waals surface area contributed by atoms with Gasteiger partial charge in [-0.3, -0.25) is 9.88 Å². The van der Waals surface area contributed by atoms with Crippen molar-refractivity contribution in [2.45, 2.75) is 19.0 Å². The van der Waals surface area contributed by atoms with Gasteiger partial charge in [-0.2, -0.15) is 5.26 Å². The smallest absolute Gasteiger partial charge is 0.101 e. The Morgan fingerprint density at radius 2 is 2.23 bits per heavy atom. The molecule has 2 atom stereocenters. The zero-order chi connectivity index (χ0) is 15.1. The van der Waals surface area contributed by atoms with Crippen LogP contribution in [0.4, 0.5) is 5.69 Å². The first-order valence-electron chi connectivity index (χ1n) is 7.77. The monoisotopic (exact) mass is 293 g/mol. The Labute approximate surface area is 130 Å². The van der Waals surface area contributed by atoms with E-state index in [0.29, 0.717) is 17.6 Å². The molecule has 0 saturated carbocycles. The Balaban J connectivity index is 1.77. The van der Waals surface area contributed by atoms with Crippen molar-refractivity contribution in [2.24, 2.45) is 0 Å². The second-order valence-electron chi connectivity index (χ2n) is 6.18. The Kier molecular flexibility index (Phi) is 3.21. The van der Waals surface area contributed by atoms with E-state index in [9.17, 15) is 5.26 Å². The van der Waals surface area contributed by atoms with Gasteiger partial charge < -0.3 is 10.2 Å². The van der Waals surface area contributed by atoms with E-state index in [1.807, 2.05) is 12.1 Å². The number of piperazine rings is 1. The van der Waals surface area contributed by atoms with Crippen molar-refractivity contribution in [2.75, 3.05) is 31.2 Å². The fourth-order valence-corrected chi connectivity index (χ4v) is 3.76. The molecular formula is C17H19N5. The minimum atomic E-state index is 0.524. The number of nitrogens with one attached hydrogen (secondary N) is 1. The number of nitrogens with zero attached hydrogens (tertiary/aromatic N) is 4. The van der Waals surface area contributed by atoms with Crippen LogP contribution in [0.15, 0.2) is 30.5 Å². The molecular weight excluding hydrogens is 274 g/mol. The number of hydrogen-bond donors (Lipinski definition) is 1. The normalized spacial score (nSPS) is 25.2. The van der Waals surface area contributed by atoms with E-state index in [2.05, 4.69) is 45.2 Å². The first kappa shape index (κ1) is 13.5. The van der Waals surface area contributed by atoms with Crippen LogP contribution in [0.5, 0.6) is 0 Å². The predicted molar refractivity (Wildman–Crippen MR) is 86.6 cm³/mol. The van der Waals surface area contributed by atoms with Crippen LogP contribution < -0.4 is 10.2 Å². The van der Waals surface area contributed by atoms with E-state index in [-0.39, 0.29) is 0 Å². The van der Waals surface area contributed by atoms with E-state index in [1.165, 1.54) is 5.69 Å². The highest BCUT2D eigenvalue weighted by Gasteiger charge is 2.35. The second-order valence-corrected chi connectivity index (χ2v) is 6.18. The van der Waals surface area contributed by atoms with Gasteiger partial charge in [0.1, 0.15) is 6.07 Å². The predicted octanol–water partition coefficient (Wildman–Crippen LogP) is 1.55. The van der Waals surface area contributed by atoms with Crippen LogP contribution in [-0.4, -0.2) is 48.3 Å². The number of benzene rings is 1. The molecule has 0 amide bonds. The van der Waals surface area contributed by atoms with Crippen molar-refractivity contribution in [3.8, 4) is 6.07 Å². The van der Waals surface area contributed by atoms with Crippen LogP contribution in [0.25, 0.3) is 10.9 Å². The van der Waals surface area contributed by atoms with E-state index in [4.69, 9.17) is 0 Å². The maximum absolute atomic E-state index is 9.28. The lowest BCUT2D eigenvalue weighted by molar-refractivity contribution is 0.169. The molecule has 2 aliphatic rings. The fourth-order valence-electron chi connectivity index (χ4n) is 3.76. The topological polar surface area (TPSA) is 55.2 Å². The maximum atomic E-state index is 9.28. The van der Waals surface area contributed by atoms with E-state index >= 15 is 0 Å². The summed E-state index contributed by atoms with van der Waals surface area (Å²) < 4.78 is 0. The number of pyridine rings is 1. The molecule has 4 rings (SSSR count). The first-order chi connectivity index (χ1) is 10.8. The Bertz CT molecular complexity index is 750. The van der Waals surface area contributed by atoms with Crippen LogP contribution in [-0.2, 0) is 0 Å². The summed E-state index contributed by atoms with van der Waals surface area (Å²) in [6.07, 6.45) is 1.76. The molecule has 1 aromatic heterocycles. The molecule has 112 valence electrons. The van der Waals surface area contributed by atoms with Gasteiger partial charge in [0.05, 0.1) is 11.1 Å². The van der Waals surface area contributed by atoms with Crippen molar-refractivity contribution in [3.63, 3.8) is 0 Å². The van der Waals surface area contributed by atoms with E-state index in [1.54, 1.807) is 6.20 Å². The third-order valence-electron chi connectivity index (χ3n) is 4.83. The lowest BCUT2D eigenvalue weighted by Gasteiger charge is -2.43. The molecule has 22 heavy (non-hydrogen) atoms. The van der Waals surface area contributed by atoms with Crippen molar-refractivity contribution in [3.05, 3.63) is 36.0 Å². The summed E-state index contributed by atoms with van der Waals surface area (Å²) in [6.45, 7) is 6.36. The Morgan fingerprint density at radius 3 is 3.09 bits per heavy atom. The molecule has 2 unspecified atom stereocenters. The van der Waals surface area contributed by atoms with Crippen LogP contribution >= 0.6 is 0 Å². The Morgan fingerprint density at radius 1 is 1.32 bits per heavy atom. The number of nitriles is 1. The van der Waals surface area contributed by atoms with Gasteiger partial charge in [0.2, 0.25) is 0 Å². The van der Waals surface area contributed by atoms with Crippen molar-refractivity contribution in [1.82, 2.24) is 15.2 Å². The summed E-state index contributed by atoms with van der Waals surface area (Å²) in [7, 11) is 0. The average molecular weight is 293 g/mol. The minimum Gasteiger partial charge on any atom is -0.368 e. The first-order valence-corrected chi connectivity index (χ1v) is 7.77. The van der Waals surface area contributed by atoms with Gasteiger partial charge in [-0.25, -0.2) is 0 Å². The van der Waals surface area contributed by atoms with Gasteiger partial charge in [-0.1, -0.05) is 0 Å². The molecule has 0 radical (unpaired) electrons. The number of fused-ring (bicyclic) bond motifs is 2. The van der Waals surface area contributed by atoms with Gasteiger partial charge in [0, 0.05) is 55.7 Å². The quantitative estimate of drug-likeness (QED) is 0.864. The van der Waals surface area contributed by atoms with E-state index in [0.717, 1.165) is 37.2 Å². The zero-order valence-corrected chi connectivity index (χ0v) is 12.7. The molecule has 5 heteroatoms. The van der Waals surface area contributed by atoms with E-state index < -0.39 is 0 Å². The molecule has 2 aromatic rings. The fraction of sp³-hybridized carbons (Fsp3) is 0.412. The summed E-state index contributed by atoms with van der Waals surface area (Å²) in [5.41, 5.74) is 2.65. The zero-order valence-electron chi connectivity index (χ0n) is 12.7. The SMILES string of the molecule is CC1CN(c2ccc(C#N)c3ncccc23)CC2CNCN12. The molecule has 0 bridgehead atoms. The molecule has 1 aromatic carbocycles. The third-order valence-corrected chi connectivity index (χ3v) is 4.83. The highest BCUT2D eigenvalue weighted by molar-refractivity contribution is 5.95. The van der Waals surface area contributed by atoms with Gasteiger partial charge in [0.25, 0.3) is 0 Å². The van der Waals surface area contributed by atoms with Crippen LogP contribution in [0.1, 0.15) is 12.5 Å². The van der Waals surface area contributed by atoms with Crippen molar-refractivity contribution < 1.29 is 0 Å². The molecule has 3 heterocycles. The molecule has 5 nitrogen and oxygen atoms in total. The summed E-state index contributed by atoms with van der Waals surface area (Å²) in [4.78, 5) is 9.41. The Hall–Kier alpha value is -2.16. The van der Waals surface area contributed by atoms with Crippen LogP contribution in [0, 0.1) is 11.3 Å². The number of anilines is 1. The summed E-state index contributed by atoms with van der Waals surface area (Å²) in [6, 6.07) is 11.3.